The molecule has 0 spiro atoms. The van der Waals surface area contributed by atoms with Gasteiger partial charge in [0, 0.05) is 21.9 Å². The van der Waals surface area contributed by atoms with E-state index >= 15 is 0 Å². The van der Waals surface area contributed by atoms with E-state index in [0.717, 1.165) is 17.7 Å². The van der Waals surface area contributed by atoms with Gasteiger partial charge in [0.2, 0.25) is 0 Å². The van der Waals surface area contributed by atoms with E-state index in [-0.39, 0.29) is 28.3 Å². The summed E-state index contributed by atoms with van der Waals surface area (Å²) in [4.78, 5) is 13.2. The number of carbonyl (C=O) groups is 1. The van der Waals surface area contributed by atoms with E-state index in [2.05, 4.69) is 10.0 Å². The number of nitrogens with one attached hydrogen (secondary N) is 2. The summed E-state index contributed by atoms with van der Waals surface area (Å²) in [5.41, 5.74) is 1.37. The summed E-state index contributed by atoms with van der Waals surface area (Å²) in [6.07, 6.45) is 0.683. The molecular weight excluding hydrogens is 442 g/mol. The molecule has 1 aliphatic heterocycles. The van der Waals surface area contributed by atoms with Crippen LogP contribution in [-0.2, 0) is 10.0 Å². The Bertz CT molecular complexity index is 1210. The van der Waals surface area contributed by atoms with Crippen molar-refractivity contribution < 1.29 is 22.0 Å². The zero-order chi connectivity index (χ0) is 22.0. The Morgan fingerprint density at radius 1 is 0.968 bits per heavy atom. The van der Waals surface area contributed by atoms with Crippen molar-refractivity contribution in [1.29, 1.82) is 0 Å². The van der Waals surface area contributed by atoms with Crippen molar-refractivity contribution in [2.24, 2.45) is 0 Å². The third kappa shape index (κ3) is 4.72. The molecule has 0 saturated carbocycles. The molecule has 3 aromatic carbocycles. The van der Waals surface area contributed by atoms with E-state index in [1.54, 1.807) is 6.07 Å². The molecule has 1 heterocycles. The van der Waals surface area contributed by atoms with E-state index in [0.29, 0.717) is 22.6 Å². The molecule has 2 N–H and O–H groups in total. The highest BCUT2D eigenvalue weighted by molar-refractivity contribution is 7.99. The van der Waals surface area contributed by atoms with Gasteiger partial charge in [-0.2, -0.15) is 0 Å². The summed E-state index contributed by atoms with van der Waals surface area (Å²) in [5, 5.41) is 2.92. The van der Waals surface area contributed by atoms with Crippen molar-refractivity contribution in [3.8, 4) is 0 Å². The lowest BCUT2D eigenvalue weighted by Gasteiger charge is -2.26. The number of benzene rings is 3. The monoisotopic (exact) mass is 460 g/mol. The number of anilines is 1. The fourth-order valence-electron chi connectivity index (χ4n) is 3.30. The molecule has 1 amide bonds. The van der Waals surface area contributed by atoms with Crippen molar-refractivity contribution in [3.05, 3.63) is 89.5 Å². The minimum atomic E-state index is -3.88. The third-order valence-corrected chi connectivity index (χ3v) is 7.41. The van der Waals surface area contributed by atoms with Gasteiger partial charge in [-0.05, 0) is 66.6 Å². The zero-order valence-electron chi connectivity index (χ0n) is 16.1. The molecule has 160 valence electrons. The Balaban J connectivity index is 1.46. The van der Waals surface area contributed by atoms with Gasteiger partial charge in [-0.25, -0.2) is 17.2 Å². The van der Waals surface area contributed by atoms with Gasteiger partial charge in [0.25, 0.3) is 15.9 Å². The molecule has 1 atom stereocenters. The second-order valence-electron chi connectivity index (χ2n) is 6.96. The fraction of sp³-hybridized carbons (Fsp3) is 0.136. The van der Waals surface area contributed by atoms with Crippen LogP contribution in [0.4, 0.5) is 14.5 Å². The molecule has 31 heavy (non-hydrogen) atoms. The molecule has 4 rings (SSSR count). The molecule has 1 unspecified atom stereocenters. The van der Waals surface area contributed by atoms with E-state index in [4.69, 9.17) is 0 Å². The summed E-state index contributed by atoms with van der Waals surface area (Å²) < 4.78 is 54.2. The largest absolute Gasteiger partial charge is 0.345 e. The van der Waals surface area contributed by atoms with Crippen LogP contribution in [0.3, 0.4) is 0 Å². The normalized spacial score (nSPS) is 15.7. The van der Waals surface area contributed by atoms with Crippen molar-refractivity contribution in [2.45, 2.75) is 22.3 Å². The molecule has 0 radical (unpaired) electrons. The second-order valence-corrected chi connectivity index (χ2v) is 9.75. The zero-order valence-corrected chi connectivity index (χ0v) is 17.8. The highest BCUT2D eigenvalue weighted by atomic mass is 32.2. The van der Waals surface area contributed by atoms with Crippen LogP contribution in [0.5, 0.6) is 0 Å². The third-order valence-electron chi connectivity index (χ3n) is 4.85. The minimum absolute atomic E-state index is 0.0724. The smallest absolute Gasteiger partial charge is 0.261 e. The number of hydrogen-bond donors (Lipinski definition) is 2. The topological polar surface area (TPSA) is 75.3 Å². The lowest BCUT2D eigenvalue weighted by molar-refractivity contribution is 0.0934. The van der Waals surface area contributed by atoms with Gasteiger partial charge in [-0.15, -0.1) is 11.8 Å². The van der Waals surface area contributed by atoms with Crippen LogP contribution in [0.1, 0.15) is 28.4 Å². The number of rotatable bonds is 5. The highest BCUT2D eigenvalue weighted by Gasteiger charge is 2.25. The lowest BCUT2D eigenvalue weighted by Crippen LogP contribution is -2.30. The van der Waals surface area contributed by atoms with E-state index in [1.807, 2.05) is 6.07 Å². The Labute approximate surface area is 182 Å². The summed E-state index contributed by atoms with van der Waals surface area (Å²) in [7, 11) is -3.88. The molecule has 0 aliphatic carbocycles. The van der Waals surface area contributed by atoms with Crippen LogP contribution in [0.2, 0.25) is 0 Å². The number of fused-ring (bicyclic) bond motifs is 1. The molecule has 9 heteroatoms. The fourth-order valence-corrected chi connectivity index (χ4v) is 5.49. The predicted octanol–water partition coefficient (Wildman–Crippen LogP) is 4.73. The first-order valence-corrected chi connectivity index (χ1v) is 11.9. The van der Waals surface area contributed by atoms with Crippen molar-refractivity contribution in [1.82, 2.24) is 5.32 Å². The molecule has 0 bridgehead atoms. The van der Waals surface area contributed by atoms with E-state index in [1.165, 1.54) is 54.2 Å². The van der Waals surface area contributed by atoms with Gasteiger partial charge in [0.15, 0.2) is 0 Å². The average Bonchev–Trinajstić information content (AvgIpc) is 2.75. The van der Waals surface area contributed by atoms with Crippen molar-refractivity contribution in [2.75, 3.05) is 10.5 Å². The Morgan fingerprint density at radius 2 is 1.68 bits per heavy atom. The van der Waals surface area contributed by atoms with Crippen LogP contribution in [-0.4, -0.2) is 20.1 Å². The molecule has 0 saturated heterocycles. The Kier molecular flexibility index (Phi) is 5.97. The molecular formula is C22H18F2N2O3S2. The van der Waals surface area contributed by atoms with Crippen molar-refractivity contribution >= 4 is 33.4 Å². The molecule has 1 aliphatic rings. The SMILES string of the molecule is O=C(NC1CCSc2c(F)cccc21)c1ccc(NS(=O)(=O)c2ccc(F)cc2)cc1. The van der Waals surface area contributed by atoms with Crippen LogP contribution in [0, 0.1) is 11.6 Å². The first-order chi connectivity index (χ1) is 14.8. The predicted molar refractivity (Wildman–Crippen MR) is 116 cm³/mol. The van der Waals surface area contributed by atoms with Crippen LogP contribution < -0.4 is 10.0 Å². The average molecular weight is 461 g/mol. The molecule has 0 aromatic heterocycles. The van der Waals surface area contributed by atoms with E-state index < -0.39 is 15.8 Å². The summed E-state index contributed by atoms with van der Waals surface area (Å²) in [6, 6.07) is 15.0. The van der Waals surface area contributed by atoms with Crippen LogP contribution >= 0.6 is 11.8 Å². The summed E-state index contributed by atoms with van der Waals surface area (Å²) in [6.45, 7) is 0. The first kappa shape index (κ1) is 21.3. The Hall–Kier alpha value is -2.91. The minimum Gasteiger partial charge on any atom is -0.345 e. The van der Waals surface area contributed by atoms with Crippen LogP contribution in [0.15, 0.2) is 76.5 Å². The van der Waals surface area contributed by atoms with Crippen LogP contribution in [0.25, 0.3) is 0 Å². The van der Waals surface area contributed by atoms with Gasteiger partial charge < -0.3 is 5.32 Å². The highest BCUT2D eigenvalue weighted by Crippen LogP contribution is 2.37. The maximum atomic E-state index is 14.0. The van der Waals surface area contributed by atoms with Gasteiger partial charge >= 0.3 is 0 Å². The standard InChI is InChI=1S/C22H18F2N2O3S2/c23-15-6-10-17(11-7-15)31(28,29)26-16-8-4-14(5-9-16)22(27)25-20-12-13-30-21-18(20)2-1-3-19(21)24/h1-11,20,26H,12-13H2,(H,25,27). The maximum absolute atomic E-state index is 14.0. The maximum Gasteiger partial charge on any atom is 0.261 e. The molecule has 0 fully saturated rings. The first-order valence-electron chi connectivity index (χ1n) is 9.44. The quantitative estimate of drug-likeness (QED) is 0.577. The number of amides is 1. The number of halogens is 2. The second kappa shape index (κ2) is 8.68. The van der Waals surface area contributed by atoms with E-state index in [9.17, 15) is 22.0 Å². The van der Waals surface area contributed by atoms with Gasteiger partial charge in [0.05, 0.1) is 10.9 Å². The number of thioether (sulfide) groups is 1. The van der Waals surface area contributed by atoms with Gasteiger partial charge in [-0.1, -0.05) is 12.1 Å². The molecule has 3 aromatic rings. The lowest BCUT2D eigenvalue weighted by atomic mass is 10.0. The number of sulfonamides is 1. The van der Waals surface area contributed by atoms with Gasteiger partial charge in [0.1, 0.15) is 11.6 Å². The number of carbonyl (C=O) groups excluding carboxylic acids is 1. The Morgan fingerprint density at radius 3 is 2.39 bits per heavy atom. The number of hydrogen-bond acceptors (Lipinski definition) is 4. The summed E-state index contributed by atoms with van der Waals surface area (Å²) in [5.74, 6) is -0.460. The van der Waals surface area contributed by atoms with Crippen molar-refractivity contribution in [3.63, 3.8) is 0 Å². The summed E-state index contributed by atoms with van der Waals surface area (Å²) >= 11 is 1.44. The van der Waals surface area contributed by atoms with Gasteiger partial charge in [-0.3, -0.25) is 9.52 Å². The molecule has 5 nitrogen and oxygen atoms in total.